The number of aryl methyl sites for hydroxylation is 1. The maximum absolute atomic E-state index is 10.5. The summed E-state index contributed by atoms with van der Waals surface area (Å²) in [4.78, 5) is 0.970. The number of benzene rings is 1. The van der Waals surface area contributed by atoms with Crippen molar-refractivity contribution in [2.45, 2.75) is 13.0 Å². The van der Waals surface area contributed by atoms with Crippen molar-refractivity contribution < 1.29 is 5.11 Å². The van der Waals surface area contributed by atoms with Gasteiger partial charge in [-0.15, -0.1) is 11.3 Å². The van der Waals surface area contributed by atoms with Crippen molar-refractivity contribution in [2.24, 2.45) is 0 Å². The SMILES string of the molecule is Cc1ccsc1C(O)c1ccnn1-c1ccccc1. The number of aliphatic hydroxyl groups is 1. The van der Waals surface area contributed by atoms with E-state index in [-0.39, 0.29) is 0 Å². The Kier molecular flexibility index (Phi) is 3.19. The smallest absolute Gasteiger partial charge is 0.130 e. The third-order valence-electron chi connectivity index (χ3n) is 3.10. The number of aromatic nitrogens is 2. The number of thiophene rings is 1. The van der Waals surface area contributed by atoms with Gasteiger partial charge in [-0.1, -0.05) is 18.2 Å². The van der Waals surface area contributed by atoms with E-state index in [1.165, 1.54) is 0 Å². The molecule has 0 amide bonds. The molecule has 0 bridgehead atoms. The van der Waals surface area contributed by atoms with E-state index in [9.17, 15) is 5.11 Å². The molecular weight excluding hydrogens is 256 g/mol. The van der Waals surface area contributed by atoms with Gasteiger partial charge < -0.3 is 5.11 Å². The van der Waals surface area contributed by atoms with Crippen LogP contribution in [0.4, 0.5) is 0 Å². The van der Waals surface area contributed by atoms with Gasteiger partial charge in [0.25, 0.3) is 0 Å². The Balaban J connectivity index is 2.04. The summed E-state index contributed by atoms with van der Waals surface area (Å²) in [7, 11) is 0. The van der Waals surface area contributed by atoms with E-state index in [4.69, 9.17) is 0 Å². The van der Waals surface area contributed by atoms with Crippen LogP contribution < -0.4 is 0 Å². The van der Waals surface area contributed by atoms with Crippen molar-refractivity contribution in [2.75, 3.05) is 0 Å². The van der Waals surface area contributed by atoms with Gasteiger partial charge in [0, 0.05) is 11.1 Å². The molecule has 19 heavy (non-hydrogen) atoms. The molecular formula is C15H14N2OS. The first-order valence-corrected chi connectivity index (χ1v) is 6.97. The third kappa shape index (κ3) is 2.20. The Hall–Kier alpha value is -1.91. The summed E-state index contributed by atoms with van der Waals surface area (Å²) in [5.74, 6) is 0. The van der Waals surface area contributed by atoms with Crippen LogP contribution in [0.1, 0.15) is 22.2 Å². The molecule has 0 aliphatic carbocycles. The number of hydrogen-bond acceptors (Lipinski definition) is 3. The molecule has 2 heterocycles. The molecule has 0 radical (unpaired) electrons. The molecule has 0 spiro atoms. The molecule has 2 aromatic heterocycles. The maximum Gasteiger partial charge on any atom is 0.130 e. The predicted octanol–water partition coefficient (Wildman–Crippen LogP) is 3.32. The van der Waals surface area contributed by atoms with E-state index in [1.807, 2.05) is 54.8 Å². The minimum absolute atomic E-state index is 0.636. The monoisotopic (exact) mass is 270 g/mol. The summed E-state index contributed by atoms with van der Waals surface area (Å²) >= 11 is 1.57. The molecule has 0 fully saturated rings. The Bertz CT molecular complexity index is 672. The first-order chi connectivity index (χ1) is 9.27. The van der Waals surface area contributed by atoms with Crippen LogP contribution in [0, 0.1) is 6.92 Å². The summed E-state index contributed by atoms with van der Waals surface area (Å²) in [5.41, 5.74) is 2.85. The van der Waals surface area contributed by atoms with Gasteiger partial charge in [0.2, 0.25) is 0 Å². The van der Waals surface area contributed by atoms with E-state index in [2.05, 4.69) is 5.10 Å². The zero-order chi connectivity index (χ0) is 13.2. The van der Waals surface area contributed by atoms with Crippen LogP contribution >= 0.6 is 11.3 Å². The Morgan fingerprint density at radius 3 is 2.63 bits per heavy atom. The first-order valence-electron chi connectivity index (χ1n) is 6.09. The van der Waals surface area contributed by atoms with Gasteiger partial charge >= 0.3 is 0 Å². The van der Waals surface area contributed by atoms with Crippen LogP contribution in [0.2, 0.25) is 0 Å². The molecule has 1 N–H and O–H groups in total. The van der Waals surface area contributed by atoms with Crippen molar-refractivity contribution in [3.05, 3.63) is 70.2 Å². The van der Waals surface area contributed by atoms with E-state index >= 15 is 0 Å². The minimum atomic E-state index is -0.636. The predicted molar refractivity (Wildman–Crippen MR) is 76.7 cm³/mol. The van der Waals surface area contributed by atoms with Gasteiger partial charge in [-0.2, -0.15) is 5.10 Å². The van der Waals surface area contributed by atoms with Crippen molar-refractivity contribution in [1.29, 1.82) is 0 Å². The van der Waals surface area contributed by atoms with E-state index in [0.717, 1.165) is 21.8 Å². The molecule has 3 nitrogen and oxygen atoms in total. The van der Waals surface area contributed by atoms with Crippen LogP contribution in [-0.4, -0.2) is 14.9 Å². The lowest BCUT2D eigenvalue weighted by molar-refractivity contribution is 0.215. The summed E-state index contributed by atoms with van der Waals surface area (Å²) in [6, 6.07) is 13.7. The molecule has 1 unspecified atom stereocenters. The van der Waals surface area contributed by atoms with Gasteiger partial charge in [-0.3, -0.25) is 0 Å². The molecule has 4 heteroatoms. The van der Waals surface area contributed by atoms with E-state index in [1.54, 1.807) is 22.2 Å². The van der Waals surface area contributed by atoms with Gasteiger partial charge in [-0.25, -0.2) is 4.68 Å². The number of aliphatic hydroxyl groups excluding tert-OH is 1. The first kappa shape index (κ1) is 12.1. The van der Waals surface area contributed by atoms with Gasteiger partial charge in [-0.05, 0) is 42.1 Å². The highest BCUT2D eigenvalue weighted by Gasteiger charge is 2.19. The largest absolute Gasteiger partial charge is 0.381 e. The molecule has 96 valence electrons. The van der Waals surface area contributed by atoms with Gasteiger partial charge in [0.05, 0.1) is 11.4 Å². The lowest BCUT2D eigenvalue weighted by Gasteiger charge is -2.13. The summed E-state index contributed by atoms with van der Waals surface area (Å²) < 4.78 is 1.78. The van der Waals surface area contributed by atoms with E-state index < -0.39 is 6.10 Å². The molecule has 1 atom stereocenters. The minimum Gasteiger partial charge on any atom is -0.381 e. The standard InChI is InChI=1S/C15H14N2OS/c1-11-8-10-19-15(11)14(18)13-7-9-16-17(13)12-5-3-2-4-6-12/h2-10,14,18H,1H3. The summed E-state index contributed by atoms with van der Waals surface area (Å²) in [6.07, 6.45) is 1.08. The molecule has 1 aromatic carbocycles. The van der Waals surface area contributed by atoms with Crippen molar-refractivity contribution in [3.63, 3.8) is 0 Å². The molecule has 3 aromatic rings. The molecule has 0 saturated heterocycles. The normalized spacial score (nSPS) is 12.5. The summed E-state index contributed by atoms with van der Waals surface area (Å²) in [6.45, 7) is 2.01. The number of nitrogens with zero attached hydrogens (tertiary/aromatic N) is 2. The van der Waals surface area contributed by atoms with Crippen LogP contribution in [0.25, 0.3) is 5.69 Å². The van der Waals surface area contributed by atoms with Crippen LogP contribution in [0.15, 0.2) is 54.0 Å². The number of para-hydroxylation sites is 1. The lowest BCUT2D eigenvalue weighted by atomic mass is 10.1. The molecule has 3 rings (SSSR count). The fraction of sp³-hybridized carbons (Fsp3) is 0.133. The van der Waals surface area contributed by atoms with Crippen molar-refractivity contribution in [1.82, 2.24) is 9.78 Å². The zero-order valence-electron chi connectivity index (χ0n) is 10.5. The van der Waals surface area contributed by atoms with Crippen LogP contribution in [0.3, 0.4) is 0 Å². The second-order valence-electron chi connectivity index (χ2n) is 4.37. The third-order valence-corrected chi connectivity index (χ3v) is 4.17. The summed E-state index contributed by atoms with van der Waals surface area (Å²) in [5, 5.41) is 16.8. The Labute approximate surface area is 115 Å². The lowest BCUT2D eigenvalue weighted by Crippen LogP contribution is -2.08. The van der Waals surface area contributed by atoms with Crippen LogP contribution in [0.5, 0.6) is 0 Å². The van der Waals surface area contributed by atoms with E-state index in [0.29, 0.717) is 0 Å². The van der Waals surface area contributed by atoms with Crippen molar-refractivity contribution >= 4 is 11.3 Å². The number of rotatable bonds is 3. The Morgan fingerprint density at radius 1 is 1.16 bits per heavy atom. The molecule has 0 aliphatic rings. The molecule has 0 saturated carbocycles. The fourth-order valence-electron chi connectivity index (χ4n) is 2.10. The number of hydrogen-bond donors (Lipinski definition) is 1. The maximum atomic E-state index is 10.5. The van der Waals surface area contributed by atoms with Crippen LogP contribution in [-0.2, 0) is 0 Å². The highest BCUT2D eigenvalue weighted by atomic mass is 32.1. The highest BCUT2D eigenvalue weighted by Crippen LogP contribution is 2.30. The quantitative estimate of drug-likeness (QED) is 0.792. The fourth-order valence-corrected chi connectivity index (χ4v) is 3.03. The Morgan fingerprint density at radius 2 is 1.95 bits per heavy atom. The van der Waals surface area contributed by atoms with Crippen molar-refractivity contribution in [3.8, 4) is 5.69 Å². The topological polar surface area (TPSA) is 38.1 Å². The van der Waals surface area contributed by atoms with Gasteiger partial charge in [0.15, 0.2) is 0 Å². The highest BCUT2D eigenvalue weighted by molar-refractivity contribution is 7.10. The average molecular weight is 270 g/mol. The van der Waals surface area contributed by atoms with Gasteiger partial charge in [0.1, 0.15) is 6.10 Å². The molecule has 0 aliphatic heterocycles. The second-order valence-corrected chi connectivity index (χ2v) is 5.32. The second kappa shape index (κ2) is 4.99. The zero-order valence-corrected chi connectivity index (χ0v) is 11.3. The average Bonchev–Trinajstić information content (AvgIpc) is 3.07.